The summed E-state index contributed by atoms with van der Waals surface area (Å²) in [5.41, 5.74) is 15.9. The average Bonchev–Trinajstić information content (AvgIpc) is 3.36. The van der Waals surface area contributed by atoms with Crippen LogP contribution in [0.4, 0.5) is 5.69 Å². The van der Waals surface area contributed by atoms with E-state index in [4.69, 9.17) is 9.47 Å². The van der Waals surface area contributed by atoms with Crippen LogP contribution in [0, 0.1) is 26.7 Å². The third-order valence-corrected chi connectivity index (χ3v) is 7.91. The number of nitrogens with zero attached hydrogens (tertiary/aromatic N) is 2. The standard InChI is InChI=1S/C32H41N5O2/c1-22-18-29(39-21-26-14-16-38-17-15-26)19-23(2)32(22)30-7-5-6-27(24(30)3)20-33-28-11-8-25(9-12-28)10-13-31-34-35-36-37(31)4/h5-9,11-12,18-19,26,33,35-36H,10,13-17,20-21H2,1-4H3. The Bertz CT molecular complexity index is 1280. The van der Waals surface area contributed by atoms with E-state index >= 15 is 0 Å². The highest BCUT2D eigenvalue weighted by molar-refractivity contribution is 5.82. The zero-order valence-corrected chi connectivity index (χ0v) is 23.6. The van der Waals surface area contributed by atoms with Gasteiger partial charge in [-0.25, -0.2) is 5.53 Å². The highest BCUT2D eigenvalue weighted by atomic mass is 16.5. The van der Waals surface area contributed by atoms with Crippen molar-refractivity contribution in [1.29, 1.82) is 0 Å². The van der Waals surface area contributed by atoms with Gasteiger partial charge in [0.2, 0.25) is 0 Å². The van der Waals surface area contributed by atoms with E-state index in [9.17, 15) is 0 Å². The molecule has 5 rings (SSSR count). The van der Waals surface area contributed by atoms with Crippen LogP contribution in [-0.4, -0.2) is 37.7 Å². The number of hydrogen-bond donors (Lipinski definition) is 3. The lowest BCUT2D eigenvalue weighted by molar-refractivity contribution is 0.0497. The number of ether oxygens (including phenoxy) is 2. The lowest BCUT2D eigenvalue weighted by Crippen LogP contribution is -2.37. The van der Waals surface area contributed by atoms with Crippen LogP contribution < -0.4 is 21.1 Å². The summed E-state index contributed by atoms with van der Waals surface area (Å²) in [5, 5.41) is 9.78. The highest BCUT2D eigenvalue weighted by Crippen LogP contribution is 2.34. The monoisotopic (exact) mass is 527 g/mol. The number of aryl methyl sites for hydroxylation is 3. The van der Waals surface area contributed by atoms with Gasteiger partial charge in [0.05, 0.1) is 6.61 Å². The van der Waals surface area contributed by atoms with Crippen LogP contribution in [-0.2, 0) is 17.7 Å². The molecule has 206 valence electrons. The van der Waals surface area contributed by atoms with Crippen molar-refractivity contribution >= 4 is 11.5 Å². The van der Waals surface area contributed by atoms with E-state index in [0.717, 1.165) is 69.3 Å². The van der Waals surface area contributed by atoms with Crippen molar-refractivity contribution in [2.24, 2.45) is 11.0 Å². The second-order valence-corrected chi connectivity index (χ2v) is 10.7. The molecule has 1 saturated heterocycles. The van der Waals surface area contributed by atoms with Crippen LogP contribution >= 0.6 is 0 Å². The average molecular weight is 528 g/mol. The van der Waals surface area contributed by atoms with Crippen molar-refractivity contribution < 1.29 is 9.47 Å². The molecule has 0 bridgehead atoms. The Labute approximate surface area is 232 Å². The van der Waals surface area contributed by atoms with Gasteiger partial charge in [0.1, 0.15) is 11.6 Å². The Morgan fingerprint density at radius 2 is 1.74 bits per heavy atom. The largest absolute Gasteiger partial charge is 0.493 e. The van der Waals surface area contributed by atoms with Crippen molar-refractivity contribution in [3.05, 3.63) is 82.4 Å². The zero-order chi connectivity index (χ0) is 27.2. The van der Waals surface area contributed by atoms with E-state index in [0.29, 0.717) is 5.92 Å². The van der Waals surface area contributed by atoms with E-state index in [2.05, 4.69) is 96.9 Å². The van der Waals surface area contributed by atoms with E-state index < -0.39 is 0 Å². The second kappa shape index (κ2) is 12.5. The number of hydrazine groups is 2. The van der Waals surface area contributed by atoms with Crippen LogP contribution in [0.1, 0.15) is 47.1 Å². The molecule has 0 aromatic heterocycles. The molecule has 0 unspecified atom stereocenters. The first-order chi connectivity index (χ1) is 19.0. The SMILES string of the molecule is Cc1cc(OCC2CCOCC2)cc(C)c1-c1cccc(CNc2ccc(CCC3=NNNN3C)cc2)c1C. The van der Waals surface area contributed by atoms with Crippen molar-refractivity contribution in [3.8, 4) is 16.9 Å². The Morgan fingerprint density at radius 3 is 2.44 bits per heavy atom. The molecule has 3 aromatic carbocycles. The molecule has 2 heterocycles. The van der Waals surface area contributed by atoms with Crippen LogP contribution in [0.15, 0.2) is 59.7 Å². The highest BCUT2D eigenvalue weighted by Gasteiger charge is 2.17. The number of nitrogens with one attached hydrogen (secondary N) is 3. The Morgan fingerprint density at radius 1 is 1.00 bits per heavy atom. The predicted molar refractivity (Wildman–Crippen MR) is 159 cm³/mol. The van der Waals surface area contributed by atoms with Crippen molar-refractivity contribution in [3.63, 3.8) is 0 Å². The Hall–Kier alpha value is -3.55. The number of hydrogen-bond acceptors (Lipinski definition) is 7. The van der Waals surface area contributed by atoms with Crippen LogP contribution in [0.5, 0.6) is 5.75 Å². The number of hydrazone groups is 1. The van der Waals surface area contributed by atoms with Gasteiger partial charge in [-0.05, 0) is 109 Å². The topological polar surface area (TPSA) is 70.1 Å². The first kappa shape index (κ1) is 27.0. The molecule has 0 aliphatic carbocycles. The molecular formula is C32H41N5O2. The molecule has 0 atom stereocenters. The molecule has 7 heteroatoms. The van der Waals surface area contributed by atoms with Gasteiger partial charge >= 0.3 is 0 Å². The van der Waals surface area contributed by atoms with Crippen molar-refractivity contribution in [1.82, 2.24) is 16.1 Å². The second-order valence-electron chi connectivity index (χ2n) is 10.7. The molecule has 0 spiro atoms. The van der Waals surface area contributed by atoms with Gasteiger partial charge in [0.25, 0.3) is 0 Å². The summed E-state index contributed by atoms with van der Waals surface area (Å²) < 4.78 is 11.7. The molecule has 3 aromatic rings. The smallest absolute Gasteiger partial charge is 0.142 e. The molecule has 0 saturated carbocycles. The summed E-state index contributed by atoms with van der Waals surface area (Å²) in [6.07, 6.45) is 4.01. The van der Waals surface area contributed by atoms with Gasteiger partial charge in [-0.3, -0.25) is 5.01 Å². The fraction of sp³-hybridized carbons (Fsp3) is 0.406. The Balaban J connectivity index is 1.21. The first-order valence-electron chi connectivity index (χ1n) is 14.0. The summed E-state index contributed by atoms with van der Waals surface area (Å²) in [4.78, 5) is 0. The summed E-state index contributed by atoms with van der Waals surface area (Å²) in [6, 6.07) is 19.7. The lowest BCUT2D eigenvalue weighted by Gasteiger charge is -2.23. The fourth-order valence-electron chi connectivity index (χ4n) is 5.48. The maximum absolute atomic E-state index is 6.21. The summed E-state index contributed by atoms with van der Waals surface area (Å²) >= 11 is 0. The zero-order valence-electron chi connectivity index (χ0n) is 23.6. The Kier molecular flexibility index (Phi) is 8.69. The normalized spacial score (nSPS) is 15.7. The molecule has 7 nitrogen and oxygen atoms in total. The molecule has 1 fully saturated rings. The van der Waals surface area contributed by atoms with Gasteiger partial charge < -0.3 is 14.8 Å². The van der Waals surface area contributed by atoms with Gasteiger partial charge in [-0.15, -0.1) is 10.6 Å². The van der Waals surface area contributed by atoms with Crippen LogP contribution in [0.3, 0.4) is 0 Å². The van der Waals surface area contributed by atoms with E-state index in [1.165, 1.54) is 38.9 Å². The minimum absolute atomic E-state index is 0.589. The molecular weight excluding hydrogens is 486 g/mol. The third-order valence-electron chi connectivity index (χ3n) is 7.91. The van der Waals surface area contributed by atoms with Gasteiger partial charge in [-0.1, -0.05) is 30.3 Å². The minimum Gasteiger partial charge on any atom is -0.493 e. The summed E-state index contributed by atoms with van der Waals surface area (Å²) in [6.45, 7) is 9.87. The number of amidine groups is 1. The molecule has 3 N–H and O–H groups in total. The quantitative estimate of drug-likeness (QED) is 0.305. The van der Waals surface area contributed by atoms with E-state index in [1.54, 1.807) is 0 Å². The first-order valence-corrected chi connectivity index (χ1v) is 14.0. The predicted octanol–water partition coefficient (Wildman–Crippen LogP) is 5.90. The lowest BCUT2D eigenvalue weighted by atomic mass is 9.90. The van der Waals surface area contributed by atoms with Crippen LogP contribution in [0.25, 0.3) is 11.1 Å². The minimum atomic E-state index is 0.589. The number of benzene rings is 3. The van der Waals surface area contributed by atoms with Crippen molar-refractivity contribution in [2.45, 2.75) is 53.0 Å². The number of anilines is 1. The molecule has 0 amide bonds. The van der Waals surface area contributed by atoms with E-state index in [1.807, 2.05) is 12.1 Å². The summed E-state index contributed by atoms with van der Waals surface area (Å²) in [7, 11) is 1.96. The summed E-state index contributed by atoms with van der Waals surface area (Å²) in [5.74, 6) is 2.57. The fourth-order valence-corrected chi connectivity index (χ4v) is 5.48. The van der Waals surface area contributed by atoms with Gasteiger partial charge in [0, 0.05) is 38.9 Å². The maximum Gasteiger partial charge on any atom is 0.142 e. The number of rotatable bonds is 10. The van der Waals surface area contributed by atoms with Crippen molar-refractivity contribution in [2.75, 3.05) is 32.2 Å². The molecule has 0 radical (unpaired) electrons. The molecule has 2 aliphatic rings. The van der Waals surface area contributed by atoms with Gasteiger partial charge in [-0.2, -0.15) is 0 Å². The maximum atomic E-state index is 6.21. The third kappa shape index (κ3) is 6.72. The molecule has 39 heavy (non-hydrogen) atoms. The van der Waals surface area contributed by atoms with Gasteiger partial charge in [0.15, 0.2) is 0 Å². The molecule has 2 aliphatic heterocycles. The van der Waals surface area contributed by atoms with E-state index in [-0.39, 0.29) is 0 Å². The van der Waals surface area contributed by atoms with Crippen LogP contribution in [0.2, 0.25) is 0 Å².